The Morgan fingerprint density at radius 2 is 1.80 bits per heavy atom. The number of hydrogen-bond donors (Lipinski definition) is 1. The summed E-state index contributed by atoms with van der Waals surface area (Å²) in [6.07, 6.45) is 0.824. The Balaban J connectivity index is 1.97. The highest BCUT2D eigenvalue weighted by Crippen LogP contribution is 2.15. The SMILES string of the molecule is COc1ccc(CC(C)CN(C)C(=O)c2cccc(C(=O)O)n2)cc1. The number of carbonyl (C=O) groups is 2. The van der Waals surface area contributed by atoms with E-state index in [0.29, 0.717) is 6.54 Å². The van der Waals surface area contributed by atoms with Crippen molar-refractivity contribution in [3.8, 4) is 5.75 Å². The predicted octanol–water partition coefficient (Wildman–Crippen LogP) is 2.74. The third kappa shape index (κ3) is 5.04. The molecule has 1 unspecified atom stereocenters. The molecule has 1 amide bonds. The van der Waals surface area contributed by atoms with Gasteiger partial charge < -0.3 is 14.7 Å². The maximum absolute atomic E-state index is 12.4. The maximum atomic E-state index is 12.4. The van der Waals surface area contributed by atoms with Crippen LogP contribution in [-0.4, -0.2) is 47.6 Å². The second kappa shape index (κ2) is 8.28. The monoisotopic (exact) mass is 342 g/mol. The standard InChI is InChI=1S/C19H22N2O4/c1-13(11-14-7-9-15(25-3)10-8-14)12-21(2)18(22)16-5-4-6-17(20-16)19(23)24/h4-10,13H,11-12H2,1-3H3,(H,23,24). The third-order valence-electron chi connectivity index (χ3n) is 3.86. The molecule has 1 heterocycles. The number of aromatic nitrogens is 1. The summed E-state index contributed by atoms with van der Waals surface area (Å²) in [6.45, 7) is 2.61. The van der Waals surface area contributed by atoms with E-state index < -0.39 is 5.97 Å². The van der Waals surface area contributed by atoms with Gasteiger partial charge in [0.15, 0.2) is 0 Å². The minimum Gasteiger partial charge on any atom is -0.497 e. The van der Waals surface area contributed by atoms with Gasteiger partial charge in [-0.3, -0.25) is 4.79 Å². The zero-order valence-corrected chi connectivity index (χ0v) is 14.6. The molecule has 0 spiro atoms. The zero-order chi connectivity index (χ0) is 18.4. The van der Waals surface area contributed by atoms with E-state index in [-0.39, 0.29) is 23.2 Å². The molecule has 6 heteroatoms. The highest BCUT2D eigenvalue weighted by molar-refractivity contribution is 5.94. The van der Waals surface area contributed by atoms with Crippen LogP contribution in [-0.2, 0) is 6.42 Å². The number of nitrogens with zero attached hydrogens (tertiary/aromatic N) is 2. The van der Waals surface area contributed by atoms with E-state index in [4.69, 9.17) is 9.84 Å². The first-order valence-corrected chi connectivity index (χ1v) is 7.99. The molecule has 0 fully saturated rings. The molecule has 25 heavy (non-hydrogen) atoms. The lowest BCUT2D eigenvalue weighted by molar-refractivity contribution is 0.0690. The Morgan fingerprint density at radius 3 is 2.40 bits per heavy atom. The van der Waals surface area contributed by atoms with E-state index in [9.17, 15) is 9.59 Å². The second-order valence-corrected chi connectivity index (χ2v) is 6.06. The Bertz CT molecular complexity index is 743. The number of hydrogen-bond acceptors (Lipinski definition) is 4. The Labute approximate surface area is 147 Å². The van der Waals surface area contributed by atoms with Gasteiger partial charge in [0.25, 0.3) is 5.91 Å². The molecule has 0 bridgehead atoms. The third-order valence-corrected chi connectivity index (χ3v) is 3.86. The van der Waals surface area contributed by atoms with Gasteiger partial charge in [0.2, 0.25) is 0 Å². The fourth-order valence-corrected chi connectivity index (χ4v) is 2.65. The summed E-state index contributed by atoms with van der Waals surface area (Å²) < 4.78 is 5.14. The molecule has 1 N–H and O–H groups in total. The van der Waals surface area contributed by atoms with Crippen LogP contribution in [0.1, 0.15) is 33.5 Å². The molecular weight excluding hydrogens is 320 g/mol. The number of ether oxygens (including phenoxy) is 1. The molecule has 0 saturated heterocycles. The molecule has 2 rings (SSSR count). The molecule has 2 aromatic rings. The summed E-state index contributed by atoms with van der Waals surface area (Å²) in [6, 6.07) is 12.3. The van der Waals surface area contributed by atoms with Gasteiger partial charge in [-0.25, -0.2) is 9.78 Å². The molecule has 0 aliphatic carbocycles. The summed E-state index contributed by atoms with van der Waals surface area (Å²) in [4.78, 5) is 28.9. The van der Waals surface area contributed by atoms with Gasteiger partial charge in [-0.2, -0.15) is 0 Å². The van der Waals surface area contributed by atoms with Crippen molar-refractivity contribution in [2.75, 3.05) is 20.7 Å². The van der Waals surface area contributed by atoms with E-state index in [1.165, 1.54) is 23.8 Å². The first-order valence-electron chi connectivity index (χ1n) is 7.99. The Hall–Kier alpha value is -2.89. The number of carboxylic acids is 1. The van der Waals surface area contributed by atoms with Crippen LogP contribution in [0, 0.1) is 5.92 Å². The fraction of sp³-hybridized carbons (Fsp3) is 0.316. The Morgan fingerprint density at radius 1 is 1.16 bits per heavy atom. The quantitative estimate of drug-likeness (QED) is 0.837. The molecule has 0 aliphatic rings. The van der Waals surface area contributed by atoms with Gasteiger partial charge in [-0.15, -0.1) is 0 Å². The largest absolute Gasteiger partial charge is 0.497 e. The average molecular weight is 342 g/mol. The van der Waals surface area contributed by atoms with Crippen LogP contribution in [0.4, 0.5) is 0 Å². The lowest BCUT2D eigenvalue weighted by Gasteiger charge is -2.21. The molecule has 0 radical (unpaired) electrons. The molecule has 1 aromatic heterocycles. The first kappa shape index (κ1) is 18.4. The summed E-state index contributed by atoms with van der Waals surface area (Å²) in [5, 5.41) is 8.98. The molecule has 6 nitrogen and oxygen atoms in total. The van der Waals surface area contributed by atoms with Gasteiger partial charge in [0, 0.05) is 13.6 Å². The summed E-state index contributed by atoms with van der Waals surface area (Å²) >= 11 is 0. The molecule has 0 aliphatic heterocycles. The van der Waals surface area contributed by atoms with Crippen molar-refractivity contribution in [1.82, 2.24) is 9.88 Å². The minimum atomic E-state index is -1.15. The van der Waals surface area contributed by atoms with Crippen LogP contribution in [0.5, 0.6) is 5.75 Å². The number of carbonyl (C=O) groups excluding carboxylic acids is 1. The van der Waals surface area contributed by atoms with Crippen molar-refractivity contribution in [2.45, 2.75) is 13.3 Å². The summed E-state index contributed by atoms with van der Waals surface area (Å²) in [5.74, 6) is -0.382. The number of rotatable bonds is 7. The van der Waals surface area contributed by atoms with Crippen molar-refractivity contribution in [2.24, 2.45) is 5.92 Å². The van der Waals surface area contributed by atoms with Crippen molar-refractivity contribution in [3.63, 3.8) is 0 Å². The molecule has 132 valence electrons. The minimum absolute atomic E-state index is 0.134. The van der Waals surface area contributed by atoms with Crippen molar-refractivity contribution in [3.05, 3.63) is 59.4 Å². The Kier molecular flexibility index (Phi) is 6.11. The first-order chi connectivity index (χ1) is 11.9. The summed E-state index contributed by atoms with van der Waals surface area (Å²) in [7, 11) is 3.33. The van der Waals surface area contributed by atoms with Crippen LogP contribution >= 0.6 is 0 Å². The maximum Gasteiger partial charge on any atom is 0.354 e. The molecular formula is C19H22N2O4. The predicted molar refractivity (Wildman–Crippen MR) is 94.0 cm³/mol. The van der Waals surface area contributed by atoms with Crippen molar-refractivity contribution >= 4 is 11.9 Å². The van der Waals surface area contributed by atoms with Gasteiger partial charge in [-0.05, 0) is 42.2 Å². The van der Waals surface area contributed by atoms with Crippen molar-refractivity contribution in [1.29, 1.82) is 0 Å². The number of methoxy groups -OCH3 is 1. The van der Waals surface area contributed by atoms with Crippen LogP contribution in [0.15, 0.2) is 42.5 Å². The van der Waals surface area contributed by atoms with E-state index in [1.54, 1.807) is 19.1 Å². The van der Waals surface area contributed by atoms with Gasteiger partial charge in [0.1, 0.15) is 17.1 Å². The van der Waals surface area contributed by atoms with E-state index in [0.717, 1.165) is 12.2 Å². The molecule has 1 aromatic carbocycles. The fourth-order valence-electron chi connectivity index (χ4n) is 2.65. The molecule has 0 saturated carbocycles. The van der Waals surface area contributed by atoms with Gasteiger partial charge in [0.05, 0.1) is 7.11 Å². The normalized spacial score (nSPS) is 11.6. The van der Waals surface area contributed by atoms with Crippen LogP contribution in [0.2, 0.25) is 0 Å². The van der Waals surface area contributed by atoms with Gasteiger partial charge >= 0.3 is 5.97 Å². The van der Waals surface area contributed by atoms with E-state index in [1.807, 2.05) is 24.3 Å². The van der Waals surface area contributed by atoms with E-state index in [2.05, 4.69) is 11.9 Å². The topological polar surface area (TPSA) is 79.7 Å². The lowest BCUT2D eigenvalue weighted by atomic mass is 10.0. The van der Waals surface area contributed by atoms with Crippen LogP contribution in [0.25, 0.3) is 0 Å². The van der Waals surface area contributed by atoms with Gasteiger partial charge in [-0.1, -0.05) is 25.1 Å². The lowest BCUT2D eigenvalue weighted by Crippen LogP contribution is -2.32. The number of aromatic carboxylic acids is 1. The van der Waals surface area contributed by atoms with E-state index >= 15 is 0 Å². The highest BCUT2D eigenvalue weighted by Gasteiger charge is 2.17. The molecule has 1 atom stereocenters. The smallest absolute Gasteiger partial charge is 0.354 e. The number of benzene rings is 1. The van der Waals surface area contributed by atoms with Crippen molar-refractivity contribution < 1.29 is 19.4 Å². The highest BCUT2D eigenvalue weighted by atomic mass is 16.5. The average Bonchev–Trinajstić information content (AvgIpc) is 2.61. The van der Waals surface area contributed by atoms with Crippen LogP contribution in [0.3, 0.4) is 0 Å². The number of carboxylic acid groups (broad SMARTS) is 1. The zero-order valence-electron chi connectivity index (χ0n) is 14.6. The second-order valence-electron chi connectivity index (χ2n) is 6.06. The number of pyridine rings is 1. The summed E-state index contributed by atoms with van der Waals surface area (Å²) in [5.41, 5.74) is 1.17. The van der Waals surface area contributed by atoms with Crippen LogP contribution < -0.4 is 4.74 Å². The number of amides is 1.